The zero-order valence-corrected chi connectivity index (χ0v) is 9.98. The molecule has 6 heteroatoms. The van der Waals surface area contributed by atoms with E-state index in [1.54, 1.807) is 0 Å². The first-order valence-electron chi connectivity index (χ1n) is 3.58. The van der Waals surface area contributed by atoms with Crippen LogP contribution in [0.15, 0.2) is 10.5 Å². The van der Waals surface area contributed by atoms with Gasteiger partial charge >= 0.3 is 0 Å². The molecule has 1 rings (SSSR count). The van der Waals surface area contributed by atoms with E-state index < -0.39 is 6.43 Å². The van der Waals surface area contributed by atoms with E-state index >= 15 is 0 Å². The summed E-state index contributed by atoms with van der Waals surface area (Å²) in [5, 5.41) is 0.314. The Bertz CT molecular complexity index is 357. The number of aldehydes is 1. The van der Waals surface area contributed by atoms with Gasteiger partial charge in [0.05, 0.1) is 5.69 Å². The highest BCUT2D eigenvalue weighted by molar-refractivity contribution is 9.10. The molecule has 0 atom stereocenters. The Kier molecular flexibility index (Phi) is 4.12. The smallest absolute Gasteiger partial charge is 0.265 e. The quantitative estimate of drug-likeness (QED) is 0.628. The summed E-state index contributed by atoms with van der Waals surface area (Å²) in [5.41, 5.74) is 0.194. The summed E-state index contributed by atoms with van der Waals surface area (Å²) in [5.74, 6) is 0. The lowest BCUT2D eigenvalue weighted by molar-refractivity contribution is 0.111. The van der Waals surface area contributed by atoms with E-state index in [4.69, 9.17) is 0 Å². The van der Waals surface area contributed by atoms with Crippen LogP contribution in [0.5, 0.6) is 0 Å². The first kappa shape index (κ1) is 11.7. The molecule has 0 spiro atoms. The summed E-state index contributed by atoms with van der Waals surface area (Å²) in [6.45, 7) is 0. The van der Waals surface area contributed by atoms with Crippen molar-refractivity contribution in [2.45, 2.75) is 11.8 Å². The number of nitrogens with zero attached hydrogens (tertiary/aromatic N) is 1. The zero-order valence-electron chi connectivity index (χ0n) is 6.81. The zero-order chi connectivity index (χ0) is 10.7. The largest absolute Gasteiger partial charge is 0.296 e. The van der Waals surface area contributed by atoms with E-state index in [9.17, 15) is 13.6 Å². The average molecular weight is 329 g/mol. The molecular weight excluding hydrogens is 324 g/mol. The second-order valence-corrected chi connectivity index (χ2v) is 3.80. The molecule has 0 saturated heterocycles. The van der Waals surface area contributed by atoms with Crippen molar-refractivity contribution < 1.29 is 13.6 Å². The Morgan fingerprint density at radius 1 is 1.57 bits per heavy atom. The van der Waals surface area contributed by atoms with Crippen LogP contribution >= 0.6 is 31.9 Å². The van der Waals surface area contributed by atoms with Crippen LogP contribution in [0.3, 0.4) is 0 Å². The highest BCUT2D eigenvalue weighted by Gasteiger charge is 2.16. The van der Waals surface area contributed by atoms with E-state index in [2.05, 4.69) is 36.8 Å². The molecule has 0 fully saturated rings. The van der Waals surface area contributed by atoms with E-state index in [1.807, 2.05) is 0 Å². The maximum Gasteiger partial charge on any atom is 0.265 e. The van der Waals surface area contributed by atoms with E-state index in [-0.39, 0.29) is 15.7 Å². The summed E-state index contributed by atoms with van der Waals surface area (Å²) in [7, 11) is 0. The number of pyridine rings is 1. The molecule has 0 aliphatic rings. The summed E-state index contributed by atoms with van der Waals surface area (Å²) < 4.78 is 25.2. The summed E-state index contributed by atoms with van der Waals surface area (Å²) >= 11 is 6.12. The molecule has 0 aliphatic carbocycles. The van der Waals surface area contributed by atoms with Crippen LogP contribution in [0.2, 0.25) is 0 Å². The van der Waals surface area contributed by atoms with Gasteiger partial charge in [-0.05, 0) is 22.0 Å². The van der Waals surface area contributed by atoms with Crippen molar-refractivity contribution in [3.8, 4) is 0 Å². The molecule has 1 aromatic heterocycles. The molecule has 0 N–H and O–H groups in total. The topological polar surface area (TPSA) is 30.0 Å². The SMILES string of the molecule is O=Cc1cc(C(F)F)c(Br)c(CBr)n1. The van der Waals surface area contributed by atoms with E-state index in [0.717, 1.165) is 6.07 Å². The highest BCUT2D eigenvalue weighted by atomic mass is 79.9. The first-order valence-corrected chi connectivity index (χ1v) is 5.50. The number of hydrogen-bond donors (Lipinski definition) is 0. The molecule has 76 valence electrons. The maximum absolute atomic E-state index is 12.5. The van der Waals surface area contributed by atoms with Crippen LogP contribution < -0.4 is 0 Å². The van der Waals surface area contributed by atoms with Gasteiger partial charge in [0, 0.05) is 15.4 Å². The van der Waals surface area contributed by atoms with Gasteiger partial charge in [0.2, 0.25) is 0 Å². The minimum absolute atomic E-state index is 0.0120. The molecule has 0 aliphatic heterocycles. The van der Waals surface area contributed by atoms with Crippen LogP contribution in [0, 0.1) is 0 Å². The van der Waals surface area contributed by atoms with Crippen LogP contribution in [0.4, 0.5) is 8.78 Å². The number of carbonyl (C=O) groups excluding carboxylic acids is 1. The molecule has 0 amide bonds. The number of aromatic nitrogens is 1. The number of alkyl halides is 3. The van der Waals surface area contributed by atoms with Gasteiger partial charge in [-0.15, -0.1) is 0 Å². The van der Waals surface area contributed by atoms with Gasteiger partial charge in [0.15, 0.2) is 6.29 Å². The maximum atomic E-state index is 12.5. The summed E-state index contributed by atoms with van der Waals surface area (Å²) in [6.07, 6.45) is -2.17. The molecular formula is C8H5Br2F2NO. The molecule has 0 saturated carbocycles. The number of rotatable bonds is 3. The summed E-state index contributed by atoms with van der Waals surface area (Å²) in [6, 6.07) is 1.08. The third-order valence-electron chi connectivity index (χ3n) is 1.56. The third kappa shape index (κ3) is 2.36. The van der Waals surface area contributed by atoms with E-state index in [1.165, 1.54) is 0 Å². The van der Waals surface area contributed by atoms with Gasteiger partial charge in [-0.3, -0.25) is 4.79 Å². The van der Waals surface area contributed by atoms with Gasteiger partial charge in [-0.25, -0.2) is 13.8 Å². The Morgan fingerprint density at radius 3 is 2.64 bits per heavy atom. The number of halogens is 4. The molecule has 0 aromatic carbocycles. The molecule has 1 heterocycles. The average Bonchev–Trinajstić information content (AvgIpc) is 2.17. The van der Waals surface area contributed by atoms with Crippen molar-refractivity contribution in [2.24, 2.45) is 0 Å². The van der Waals surface area contributed by atoms with Crippen molar-refractivity contribution in [3.63, 3.8) is 0 Å². The monoisotopic (exact) mass is 327 g/mol. The normalized spacial score (nSPS) is 10.6. The fourth-order valence-electron chi connectivity index (χ4n) is 0.934. The van der Waals surface area contributed by atoms with Crippen LogP contribution in [-0.2, 0) is 5.33 Å². The predicted molar refractivity (Wildman–Crippen MR) is 54.9 cm³/mol. The van der Waals surface area contributed by atoms with E-state index in [0.29, 0.717) is 17.3 Å². The Morgan fingerprint density at radius 2 is 2.21 bits per heavy atom. The highest BCUT2D eigenvalue weighted by Crippen LogP contribution is 2.30. The van der Waals surface area contributed by atoms with Gasteiger partial charge in [0.1, 0.15) is 5.69 Å². The lowest BCUT2D eigenvalue weighted by atomic mass is 10.2. The Labute approximate surface area is 96.0 Å². The van der Waals surface area contributed by atoms with Crippen molar-refractivity contribution in [1.29, 1.82) is 0 Å². The van der Waals surface area contributed by atoms with Gasteiger partial charge in [0.25, 0.3) is 6.43 Å². The molecule has 0 unspecified atom stereocenters. The lowest BCUT2D eigenvalue weighted by Crippen LogP contribution is -1.99. The lowest BCUT2D eigenvalue weighted by Gasteiger charge is -2.07. The molecule has 14 heavy (non-hydrogen) atoms. The molecule has 0 bridgehead atoms. The number of hydrogen-bond acceptors (Lipinski definition) is 2. The third-order valence-corrected chi connectivity index (χ3v) is 3.00. The summed E-state index contributed by atoms with van der Waals surface area (Å²) in [4.78, 5) is 14.3. The van der Waals surface area contributed by atoms with Crippen molar-refractivity contribution >= 4 is 38.1 Å². The van der Waals surface area contributed by atoms with Crippen molar-refractivity contribution in [1.82, 2.24) is 4.98 Å². The van der Waals surface area contributed by atoms with Crippen molar-refractivity contribution in [3.05, 3.63) is 27.5 Å². The minimum Gasteiger partial charge on any atom is -0.296 e. The first-order chi connectivity index (χ1) is 6.60. The van der Waals surface area contributed by atoms with Crippen molar-refractivity contribution in [2.75, 3.05) is 0 Å². The fraction of sp³-hybridized carbons (Fsp3) is 0.250. The van der Waals surface area contributed by atoms with Crippen LogP contribution in [-0.4, -0.2) is 11.3 Å². The Hall–Kier alpha value is -0.360. The molecule has 1 aromatic rings. The fourth-order valence-corrected chi connectivity index (χ4v) is 2.23. The minimum atomic E-state index is -2.62. The van der Waals surface area contributed by atoms with Gasteiger partial charge < -0.3 is 0 Å². The van der Waals surface area contributed by atoms with Gasteiger partial charge in [-0.2, -0.15) is 0 Å². The van der Waals surface area contributed by atoms with Crippen LogP contribution in [0.25, 0.3) is 0 Å². The number of carbonyl (C=O) groups is 1. The predicted octanol–water partition coefficient (Wildman–Crippen LogP) is 3.49. The Balaban J connectivity index is 3.34. The molecule has 2 nitrogen and oxygen atoms in total. The second-order valence-electron chi connectivity index (χ2n) is 2.45. The van der Waals surface area contributed by atoms with Crippen LogP contribution in [0.1, 0.15) is 28.2 Å². The standard InChI is InChI=1S/C8H5Br2F2NO/c9-2-6-7(10)5(8(11)12)1-4(3-14)13-6/h1,3,8H,2H2. The second kappa shape index (κ2) is 4.93. The van der Waals surface area contributed by atoms with Gasteiger partial charge in [-0.1, -0.05) is 15.9 Å². The molecule has 0 radical (unpaired) electrons.